The Morgan fingerprint density at radius 3 is 1.98 bits per heavy atom. The van der Waals surface area contributed by atoms with Gasteiger partial charge in [0.15, 0.2) is 0 Å². The monoisotopic (exact) mass is 549 g/mol. The molecule has 0 fully saturated rings. The average Bonchev–Trinajstić information content (AvgIpc) is 2.99. The van der Waals surface area contributed by atoms with Gasteiger partial charge in [-0.15, -0.1) is 0 Å². The minimum absolute atomic E-state index is 0.142. The number of phenols is 1. The lowest BCUT2D eigenvalue weighted by atomic mass is 9.90. The fourth-order valence-corrected chi connectivity index (χ4v) is 5.38. The van der Waals surface area contributed by atoms with Gasteiger partial charge in [-0.3, -0.25) is 9.59 Å². The van der Waals surface area contributed by atoms with Gasteiger partial charge in [0, 0.05) is 36.8 Å². The molecule has 4 aromatic rings. The second-order valence-corrected chi connectivity index (χ2v) is 10.6. The van der Waals surface area contributed by atoms with Crippen LogP contribution in [0.25, 0.3) is 0 Å². The number of nitrogens with two attached hydrogens (primary N) is 3. The van der Waals surface area contributed by atoms with E-state index in [4.69, 9.17) is 17.2 Å². The fraction of sp³-hybridized carbons (Fsp3) is 0.212. The summed E-state index contributed by atoms with van der Waals surface area (Å²) in [6.45, 7) is 0.627. The number of nitrogen functional groups attached to an aromatic ring is 2. The molecule has 0 saturated carbocycles. The van der Waals surface area contributed by atoms with Gasteiger partial charge >= 0.3 is 0 Å². The third kappa shape index (κ3) is 6.50. The summed E-state index contributed by atoms with van der Waals surface area (Å²) < 4.78 is 0. The molecule has 1 heterocycles. The lowest BCUT2D eigenvalue weighted by Gasteiger charge is -2.37. The molecule has 4 aromatic carbocycles. The van der Waals surface area contributed by atoms with E-state index in [0.29, 0.717) is 37.3 Å². The van der Waals surface area contributed by atoms with E-state index in [1.54, 1.807) is 29.2 Å². The Labute approximate surface area is 239 Å². The molecular formula is C33H35N5O3. The zero-order valence-corrected chi connectivity index (χ0v) is 22.7. The molecular weight excluding hydrogens is 514 g/mol. The van der Waals surface area contributed by atoms with Crippen molar-refractivity contribution in [3.63, 3.8) is 0 Å². The number of nitrogens with one attached hydrogen (secondary N) is 1. The van der Waals surface area contributed by atoms with Crippen LogP contribution in [-0.4, -0.2) is 40.4 Å². The second-order valence-electron chi connectivity index (χ2n) is 10.6. The Hall–Kier alpha value is -4.82. The van der Waals surface area contributed by atoms with Gasteiger partial charge in [0.2, 0.25) is 11.8 Å². The first-order chi connectivity index (χ1) is 19.8. The zero-order valence-electron chi connectivity index (χ0n) is 22.7. The van der Waals surface area contributed by atoms with Crippen molar-refractivity contribution in [3.8, 4) is 5.75 Å². The second kappa shape index (κ2) is 12.1. The van der Waals surface area contributed by atoms with Gasteiger partial charge in [-0.1, -0.05) is 60.7 Å². The normalized spacial score (nSPS) is 15.3. The SMILES string of the molecule is Nc1ccc(C(CNC(=O)[C@@H]2Cc3ccccc3CN2C(=O)[C@@H](N)Cc2ccc(O)cc2)c2ccc(N)cc2)cc1. The quantitative estimate of drug-likeness (QED) is 0.213. The van der Waals surface area contributed by atoms with E-state index >= 15 is 0 Å². The Morgan fingerprint density at radius 1 is 0.829 bits per heavy atom. The van der Waals surface area contributed by atoms with Gasteiger partial charge in [-0.25, -0.2) is 0 Å². The highest BCUT2D eigenvalue weighted by atomic mass is 16.3. The van der Waals surface area contributed by atoms with Crippen LogP contribution in [0, 0.1) is 0 Å². The van der Waals surface area contributed by atoms with Crippen molar-refractivity contribution in [1.29, 1.82) is 0 Å². The van der Waals surface area contributed by atoms with E-state index in [0.717, 1.165) is 27.8 Å². The number of phenolic OH excluding ortho intramolecular Hbond substituents is 1. The summed E-state index contributed by atoms with van der Waals surface area (Å²) in [7, 11) is 0. The highest BCUT2D eigenvalue weighted by molar-refractivity contribution is 5.90. The maximum atomic E-state index is 13.8. The van der Waals surface area contributed by atoms with Gasteiger partial charge in [0.25, 0.3) is 0 Å². The molecule has 5 rings (SSSR count). The molecule has 8 nitrogen and oxygen atoms in total. The number of hydrogen-bond acceptors (Lipinski definition) is 6. The van der Waals surface area contributed by atoms with E-state index in [2.05, 4.69) is 5.32 Å². The van der Waals surface area contributed by atoms with Crippen molar-refractivity contribution in [2.24, 2.45) is 5.73 Å². The Bertz CT molecular complexity index is 1460. The largest absolute Gasteiger partial charge is 0.508 e. The number of carbonyl (C=O) groups excluding carboxylic acids is 2. The first kappa shape index (κ1) is 27.7. The molecule has 0 bridgehead atoms. The van der Waals surface area contributed by atoms with Crippen LogP contribution in [0.1, 0.15) is 33.7 Å². The fourth-order valence-electron chi connectivity index (χ4n) is 5.38. The van der Waals surface area contributed by atoms with Gasteiger partial charge in [-0.2, -0.15) is 0 Å². The molecule has 210 valence electrons. The molecule has 0 saturated heterocycles. The minimum Gasteiger partial charge on any atom is -0.508 e. The molecule has 41 heavy (non-hydrogen) atoms. The Balaban J connectivity index is 1.37. The third-order valence-electron chi connectivity index (χ3n) is 7.70. The van der Waals surface area contributed by atoms with Crippen LogP contribution in [0.4, 0.5) is 11.4 Å². The minimum atomic E-state index is -0.836. The van der Waals surface area contributed by atoms with E-state index in [-0.39, 0.29) is 23.5 Å². The molecule has 1 aliphatic heterocycles. The summed E-state index contributed by atoms with van der Waals surface area (Å²) in [6, 6.07) is 28.1. The zero-order chi connectivity index (χ0) is 28.9. The number of carbonyl (C=O) groups is 2. The lowest BCUT2D eigenvalue weighted by molar-refractivity contribution is -0.142. The van der Waals surface area contributed by atoms with Crippen molar-refractivity contribution in [3.05, 3.63) is 125 Å². The lowest BCUT2D eigenvalue weighted by Crippen LogP contribution is -2.57. The van der Waals surface area contributed by atoms with Crippen LogP contribution < -0.4 is 22.5 Å². The number of anilines is 2. The number of amides is 2. The van der Waals surface area contributed by atoms with E-state index in [1.807, 2.05) is 72.8 Å². The maximum Gasteiger partial charge on any atom is 0.243 e. The highest BCUT2D eigenvalue weighted by Crippen LogP contribution is 2.28. The summed E-state index contributed by atoms with van der Waals surface area (Å²) in [5, 5.41) is 12.7. The summed E-state index contributed by atoms with van der Waals surface area (Å²) in [5.41, 5.74) is 24.4. The Morgan fingerprint density at radius 2 is 1.39 bits per heavy atom. The number of hydrogen-bond donors (Lipinski definition) is 5. The van der Waals surface area contributed by atoms with Gasteiger partial charge in [0.05, 0.1) is 6.04 Å². The molecule has 0 aliphatic carbocycles. The number of aromatic hydroxyl groups is 1. The highest BCUT2D eigenvalue weighted by Gasteiger charge is 2.36. The van der Waals surface area contributed by atoms with Crippen molar-refractivity contribution in [2.45, 2.75) is 37.4 Å². The smallest absolute Gasteiger partial charge is 0.243 e. The number of nitrogens with zero attached hydrogens (tertiary/aromatic N) is 1. The molecule has 0 unspecified atom stereocenters. The summed E-state index contributed by atoms with van der Waals surface area (Å²) >= 11 is 0. The van der Waals surface area contributed by atoms with Crippen molar-refractivity contribution in [1.82, 2.24) is 10.2 Å². The number of rotatable bonds is 8. The van der Waals surface area contributed by atoms with Gasteiger partial charge in [0.1, 0.15) is 11.8 Å². The van der Waals surface area contributed by atoms with Gasteiger partial charge in [-0.05, 0) is 70.6 Å². The van der Waals surface area contributed by atoms with E-state index in [1.165, 1.54) is 0 Å². The molecule has 1 aliphatic rings. The molecule has 0 aromatic heterocycles. The molecule has 2 atom stereocenters. The molecule has 2 amide bonds. The summed E-state index contributed by atoms with van der Waals surface area (Å²) in [6.07, 6.45) is 0.691. The number of benzene rings is 4. The van der Waals surface area contributed by atoms with Crippen LogP contribution in [0.5, 0.6) is 5.75 Å². The topological polar surface area (TPSA) is 148 Å². The third-order valence-corrected chi connectivity index (χ3v) is 7.70. The van der Waals surface area contributed by atoms with Crippen LogP contribution in [0.15, 0.2) is 97.1 Å². The molecule has 0 spiro atoms. The van der Waals surface area contributed by atoms with Crippen molar-refractivity contribution >= 4 is 23.2 Å². The summed E-state index contributed by atoms with van der Waals surface area (Å²) in [4.78, 5) is 29.1. The van der Waals surface area contributed by atoms with E-state index in [9.17, 15) is 14.7 Å². The first-order valence-electron chi connectivity index (χ1n) is 13.7. The predicted molar refractivity (Wildman–Crippen MR) is 161 cm³/mol. The van der Waals surface area contributed by atoms with Gasteiger partial charge < -0.3 is 32.5 Å². The predicted octanol–water partition coefficient (Wildman–Crippen LogP) is 3.33. The average molecular weight is 550 g/mol. The van der Waals surface area contributed by atoms with E-state index < -0.39 is 12.1 Å². The summed E-state index contributed by atoms with van der Waals surface area (Å²) in [5.74, 6) is -0.520. The first-order valence-corrected chi connectivity index (χ1v) is 13.7. The Kier molecular flexibility index (Phi) is 8.21. The van der Waals surface area contributed by atoms with Crippen LogP contribution >= 0.6 is 0 Å². The van der Waals surface area contributed by atoms with Crippen molar-refractivity contribution in [2.75, 3.05) is 18.0 Å². The number of fused-ring (bicyclic) bond motifs is 1. The molecule has 0 radical (unpaired) electrons. The standard InChI is InChI=1S/C33H35N5O3/c34-26-11-7-22(8-12-26)29(23-9-13-27(35)14-10-23)19-37-32(40)31-18-24-3-1-2-4-25(24)20-38(31)33(41)30(36)17-21-5-15-28(39)16-6-21/h1-16,29-31,39H,17-20,34-36H2,(H,37,40)/t30-,31-/m0/s1. The van der Waals surface area contributed by atoms with Crippen LogP contribution in [0.2, 0.25) is 0 Å². The van der Waals surface area contributed by atoms with Crippen molar-refractivity contribution < 1.29 is 14.7 Å². The molecule has 8 N–H and O–H groups in total. The maximum absolute atomic E-state index is 13.8. The van der Waals surface area contributed by atoms with Crippen LogP contribution in [0.3, 0.4) is 0 Å². The van der Waals surface area contributed by atoms with Crippen LogP contribution in [-0.2, 0) is 29.0 Å². The molecule has 8 heteroatoms.